The van der Waals surface area contributed by atoms with E-state index >= 15 is 0 Å². The van der Waals surface area contributed by atoms with Crippen LogP contribution in [0.5, 0.6) is 5.75 Å². The average molecular weight is 430 g/mol. The van der Waals surface area contributed by atoms with Gasteiger partial charge in [0.25, 0.3) is 0 Å². The highest BCUT2D eigenvalue weighted by Gasteiger charge is 2.35. The summed E-state index contributed by atoms with van der Waals surface area (Å²) in [5, 5.41) is 6.32. The summed E-state index contributed by atoms with van der Waals surface area (Å²) in [7, 11) is 1.60. The van der Waals surface area contributed by atoms with Crippen LogP contribution >= 0.6 is 0 Å². The Balaban J connectivity index is 1.40. The number of amides is 2. The van der Waals surface area contributed by atoms with Crippen molar-refractivity contribution in [2.24, 2.45) is 5.92 Å². The molecule has 32 heavy (non-hydrogen) atoms. The van der Waals surface area contributed by atoms with Crippen LogP contribution < -0.4 is 20.3 Å². The fourth-order valence-electron chi connectivity index (χ4n) is 3.87. The lowest BCUT2D eigenvalue weighted by atomic mass is 10.1. The molecule has 3 aromatic carbocycles. The first-order valence-electron chi connectivity index (χ1n) is 10.6. The summed E-state index contributed by atoms with van der Waals surface area (Å²) in [6, 6.07) is 21.3. The van der Waals surface area contributed by atoms with E-state index < -0.39 is 5.92 Å². The second-order valence-electron chi connectivity index (χ2n) is 8.06. The predicted octanol–water partition coefficient (Wildman–Crippen LogP) is 5.05. The molecule has 1 fully saturated rings. The summed E-state index contributed by atoms with van der Waals surface area (Å²) in [5.41, 5.74) is 5.60. The summed E-state index contributed by atoms with van der Waals surface area (Å²) in [6.45, 7) is 4.35. The Morgan fingerprint density at radius 1 is 0.969 bits per heavy atom. The molecule has 6 heteroatoms. The van der Waals surface area contributed by atoms with E-state index in [0.29, 0.717) is 18.0 Å². The molecule has 1 saturated heterocycles. The highest BCUT2D eigenvalue weighted by atomic mass is 16.5. The molecular formula is C26H27N3O3. The van der Waals surface area contributed by atoms with Gasteiger partial charge >= 0.3 is 0 Å². The molecule has 3 aromatic rings. The Hall–Kier alpha value is -3.80. The second-order valence-corrected chi connectivity index (χ2v) is 8.06. The fourth-order valence-corrected chi connectivity index (χ4v) is 3.87. The molecule has 0 aromatic heterocycles. The number of nitrogens with zero attached hydrogens (tertiary/aromatic N) is 1. The van der Waals surface area contributed by atoms with Crippen LogP contribution in [0.15, 0.2) is 66.7 Å². The standard InChI is InChI=1S/C26H27N3O3/c1-17-6-4-5-7-23(17)27-20-9-11-21(12-10-20)28-26(31)19-14-25(30)29(16-19)24-15-22(32-3)13-8-18(24)2/h4-13,15,19,27H,14,16H2,1-3H3,(H,28,31). The van der Waals surface area contributed by atoms with Crippen LogP contribution in [-0.2, 0) is 9.59 Å². The average Bonchev–Trinajstić information content (AvgIpc) is 3.18. The minimum atomic E-state index is -0.405. The highest BCUT2D eigenvalue weighted by molar-refractivity contribution is 6.04. The molecule has 1 aliphatic heterocycles. The van der Waals surface area contributed by atoms with Gasteiger partial charge in [-0.25, -0.2) is 0 Å². The predicted molar refractivity (Wildman–Crippen MR) is 128 cm³/mol. The van der Waals surface area contributed by atoms with Gasteiger partial charge < -0.3 is 20.3 Å². The van der Waals surface area contributed by atoms with Gasteiger partial charge in [0.05, 0.1) is 18.7 Å². The molecule has 0 bridgehead atoms. The molecule has 1 heterocycles. The van der Waals surface area contributed by atoms with Crippen molar-refractivity contribution in [2.45, 2.75) is 20.3 Å². The Labute approximate surface area is 188 Å². The SMILES string of the molecule is COc1ccc(C)c(N2CC(C(=O)Nc3ccc(Nc4ccccc4C)cc3)CC2=O)c1. The summed E-state index contributed by atoms with van der Waals surface area (Å²) >= 11 is 0. The van der Waals surface area contributed by atoms with Crippen LogP contribution in [0, 0.1) is 19.8 Å². The third-order valence-electron chi connectivity index (χ3n) is 5.78. The number of rotatable bonds is 6. The molecule has 0 radical (unpaired) electrons. The van der Waals surface area contributed by atoms with Crippen LogP contribution in [0.4, 0.5) is 22.7 Å². The zero-order valence-corrected chi connectivity index (χ0v) is 18.5. The monoisotopic (exact) mass is 429 g/mol. The van der Waals surface area contributed by atoms with Crippen molar-refractivity contribution in [3.63, 3.8) is 0 Å². The number of nitrogens with one attached hydrogen (secondary N) is 2. The molecule has 1 aliphatic rings. The van der Waals surface area contributed by atoms with E-state index in [1.807, 2.05) is 67.6 Å². The van der Waals surface area contributed by atoms with Crippen molar-refractivity contribution in [3.8, 4) is 5.75 Å². The molecule has 164 valence electrons. The largest absolute Gasteiger partial charge is 0.497 e. The van der Waals surface area contributed by atoms with Crippen molar-refractivity contribution in [3.05, 3.63) is 77.9 Å². The van der Waals surface area contributed by atoms with Crippen molar-refractivity contribution < 1.29 is 14.3 Å². The third kappa shape index (κ3) is 4.59. The molecule has 2 amide bonds. The lowest BCUT2D eigenvalue weighted by Crippen LogP contribution is -2.28. The second kappa shape index (κ2) is 9.14. The molecular weight excluding hydrogens is 402 g/mol. The maximum atomic E-state index is 12.8. The van der Waals surface area contributed by atoms with E-state index in [9.17, 15) is 9.59 Å². The molecule has 0 aliphatic carbocycles. The van der Waals surface area contributed by atoms with E-state index in [0.717, 1.165) is 28.2 Å². The minimum Gasteiger partial charge on any atom is -0.497 e. The number of para-hydroxylation sites is 1. The highest BCUT2D eigenvalue weighted by Crippen LogP contribution is 2.31. The lowest BCUT2D eigenvalue weighted by molar-refractivity contribution is -0.122. The van der Waals surface area contributed by atoms with Gasteiger partial charge in [-0.1, -0.05) is 24.3 Å². The number of carbonyl (C=O) groups is 2. The van der Waals surface area contributed by atoms with Crippen LogP contribution in [0.1, 0.15) is 17.5 Å². The Morgan fingerprint density at radius 3 is 2.41 bits per heavy atom. The lowest BCUT2D eigenvalue weighted by Gasteiger charge is -2.20. The van der Waals surface area contributed by atoms with Gasteiger partial charge in [0.1, 0.15) is 5.75 Å². The number of aryl methyl sites for hydroxylation is 2. The molecule has 6 nitrogen and oxygen atoms in total. The maximum absolute atomic E-state index is 12.8. The van der Waals surface area contributed by atoms with Crippen molar-refractivity contribution in [1.82, 2.24) is 0 Å². The minimum absolute atomic E-state index is 0.0562. The quantitative estimate of drug-likeness (QED) is 0.575. The first-order valence-corrected chi connectivity index (χ1v) is 10.6. The molecule has 1 atom stereocenters. The number of hydrogen-bond acceptors (Lipinski definition) is 4. The van der Waals surface area contributed by atoms with Gasteiger partial charge in [0, 0.05) is 36.1 Å². The number of ether oxygens (including phenoxy) is 1. The van der Waals surface area contributed by atoms with Gasteiger partial charge in [-0.05, 0) is 61.4 Å². The molecule has 2 N–H and O–H groups in total. The summed E-state index contributed by atoms with van der Waals surface area (Å²) in [5.74, 6) is 0.0730. The third-order valence-corrected chi connectivity index (χ3v) is 5.78. The van der Waals surface area contributed by atoms with Crippen molar-refractivity contribution in [1.29, 1.82) is 0 Å². The van der Waals surface area contributed by atoms with E-state index in [4.69, 9.17) is 4.74 Å². The van der Waals surface area contributed by atoms with Crippen LogP contribution in [0.25, 0.3) is 0 Å². The van der Waals surface area contributed by atoms with Crippen molar-refractivity contribution >= 4 is 34.6 Å². The Bertz CT molecular complexity index is 1140. The first-order chi connectivity index (χ1) is 15.4. The van der Waals surface area contributed by atoms with Gasteiger partial charge in [0.2, 0.25) is 11.8 Å². The molecule has 4 rings (SSSR count). The first kappa shape index (κ1) is 21.4. The van der Waals surface area contributed by atoms with Crippen LogP contribution in [0.3, 0.4) is 0 Å². The van der Waals surface area contributed by atoms with E-state index in [1.54, 1.807) is 12.0 Å². The summed E-state index contributed by atoms with van der Waals surface area (Å²) < 4.78 is 5.29. The fraction of sp³-hybridized carbons (Fsp3) is 0.231. The van der Waals surface area contributed by atoms with Crippen molar-refractivity contribution in [2.75, 3.05) is 29.2 Å². The number of carbonyl (C=O) groups excluding carboxylic acids is 2. The summed E-state index contributed by atoms with van der Waals surface area (Å²) in [6.07, 6.45) is 0.190. The van der Waals surface area contributed by atoms with Gasteiger partial charge in [0.15, 0.2) is 0 Å². The molecule has 0 spiro atoms. The van der Waals surface area contributed by atoms with Gasteiger partial charge in [-0.2, -0.15) is 0 Å². The van der Waals surface area contributed by atoms with E-state index in [2.05, 4.69) is 23.6 Å². The van der Waals surface area contributed by atoms with E-state index in [-0.39, 0.29) is 18.2 Å². The van der Waals surface area contributed by atoms with E-state index in [1.165, 1.54) is 0 Å². The Kier molecular flexibility index (Phi) is 6.12. The summed E-state index contributed by atoms with van der Waals surface area (Å²) in [4.78, 5) is 27.1. The van der Waals surface area contributed by atoms with Crippen LogP contribution in [-0.4, -0.2) is 25.5 Å². The molecule has 1 unspecified atom stereocenters. The zero-order chi connectivity index (χ0) is 22.7. The zero-order valence-electron chi connectivity index (χ0n) is 18.5. The Morgan fingerprint density at radius 2 is 1.69 bits per heavy atom. The number of hydrogen-bond donors (Lipinski definition) is 2. The van der Waals surface area contributed by atoms with Gasteiger partial charge in [-0.15, -0.1) is 0 Å². The van der Waals surface area contributed by atoms with Crippen LogP contribution in [0.2, 0.25) is 0 Å². The number of benzene rings is 3. The number of anilines is 4. The topological polar surface area (TPSA) is 70.7 Å². The van der Waals surface area contributed by atoms with Gasteiger partial charge in [-0.3, -0.25) is 9.59 Å². The maximum Gasteiger partial charge on any atom is 0.229 e. The smallest absolute Gasteiger partial charge is 0.229 e. The molecule has 0 saturated carbocycles. The number of methoxy groups -OCH3 is 1. The normalized spacial score (nSPS) is 15.5.